The summed E-state index contributed by atoms with van der Waals surface area (Å²) in [7, 11) is 0. The van der Waals surface area contributed by atoms with Crippen molar-refractivity contribution >= 4 is 0 Å². The minimum Gasteiger partial charge on any atom is -0.508 e. The highest BCUT2D eigenvalue weighted by Gasteiger charge is 2.24. The van der Waals surface area contributed by atoms with E-state index in [-0.39, 0.29) is 0 Å². The van der Waals surface area contributed by atoms with Crippen LogP contribution in [0.4, 0.5) is 0 Å². The van der Waals surface area contributed by atoms with Gasteiger partial charge in [0, 0.05) is 5.92 Å². The maximum Gasteiger partial charge on any atom is 0.118 e. The van der Waals surface area contributed by atoms with Gasteiger partial charge in [-0.05, 0) is 60.6 Å². The first-order valence-corrected chi connectivity index (χ1v) is 10.1. The molecule has 0 aromatic heterocycles. The standard InChI is InChI=1S/C24H34O2/c1-5-7-8-9-10-19(6-2)24(20-11-13-22(25)17(3)15-20)21-12-14-23(26)18(4)16-21/h11-16,19,24-26H,5-10H2,1-4H3. The predicted molar refractivity (Wildman–Crippen MR) is 110 cm³/mol. The summed E-state index contributed by atoms with van der Waals surface area (Å²) in [5, 5.41) is 19.9. The Bertz CT molecular complexity index is 654. The van der Waals surface area contributed by atoms with E-state index in [0.29, 0.717) is 23.3 Å². The minimum absolute atomic E-state index is 0.292. The molecule has 0 aliphatic heterocycles. The maximum atomic E-state index is 9.94. The van der Waals surface area contributed by atoms with E-state index in [4.69, 9.17) is 0 Å². The van der Waals surface area contributed by atoms with Crippen LogP contribution in [-0.2, 0) is 0 Å². The largest absolute Gasteiger partial charge is 0.508 e. The number of aromatic hydroxyl groups is 2. The molecule has 2 rings (SSSR count). The van der Waals surface area contributed by atoms with Gasteiger partial charge >= 0.3 is 0 Å². The van der Waals surface area contributed by atoms with Crippen LogP contribution in [0.5, 0.6) is 11.5 Å². The normalized spacial score (nSPS) is 12.5. The lowest BCUT2D eigenvalue weighted by atomic mass is 9.76. The topological polar surface area (TPSA) is 40.5 Å². The van der Waals surface area contributed by atoms with Crippen molar-refractivity contribution in [3.05, 3.63) is 58.7 Å². The molecule has 0 fully saturated rings. The molecule has 0 bridgehead atoms. The van der Waals surface area contributed by atoms with Crippen molar-refractivity contribution in [3.63, 3.8) is 0 Å². The second-order valence-corrected chi connectivity index (χ2v) is 7.59. The average molecular weight is 355 g/mol. The fourth-order valence-electron chi connectivity index (χ4n) is 3.92. The van der Waals surface area contributed by atoms with Crippen molar-refractivity contribution < 1.29 is 10.2 Å². The third-order valence-corrected chi connectivity index (χ3v) is 5.58. The van der Waals surface area contributed by atoms with Crippen molar-refractivity contribution in [2.75, 3.05) is 0 Å². The van der Waals surface area contributed by atoms with E-state index in [9.17, 15) is 10.2 Å². The van der Waals surface area contributed by atoms with E-state index < -0.39 is 0 Å². The molecule has 0 amide bonds. The van der Waals surface area contributed by atoms with Gasteiger partial charge in [-0.1, -0.05) is 70.2 Å². The van der Waals surface area contributed by atoms with E-state index in [2.05, 4.69) is 38.1 Å². The van der Waals surface area contributed by atoms with Crippen LogP contribution in [0.1, 0.15) is 80.5 Å². The molecule has 1 unspecified atom stereocenters. The van der Waals surface area contributed by atoms with Gasteiger partial charge in [0.25, 0.3) is 0 Å². The molecule has 2 nitrogen and oxygen atoms in total. The molecule has 2 heteroatoms. The van der Waals surface area contributed by atoms with Crippen LogP contribution < -0.4 is 0 Å². The number of aryl methyl sites for hydroxylation is 2. The summed E-state index contributed by atoms with van der Waals surface area (Å²) < 4.78 is 0. The molecule has 0 aliphatic carbocycles. The number of phenols is 2. The van der Waals surface area contributed by atoms with E-state index in [0.717, 1.165) is 17.5 Å². The Labute approximate surface area is 158 Å². The second-order valence-electron chi connectivity index (χ2n) is 7.59. The summed E-state index contributed by atoms with van der Waals surface area (Å²) in [5.41, 5.74) is 4.35. The van der Waals surface area contributed by atoms with Gasteiger partial charge in [-0.15, -0.1) is 0 Å². The van der Waals surface area contributed by atoms with Gasteiger partial charge < -0.3 is 10.2 Å². The van der Waals surface area contributed by atoms with Gasteiger partial charge in [0.2, 0.25) is 0 Å². The molecule has 1 atom stereocenters. The summed E-state index contributed by atoms with van der Waals surface area (Å²) >= 11 is 0. The molecular formula is C24H34O2. The average Bonchev–Trinajstić information content (AvgIpc) is 2.63. The van der Waals surface area contributed by atoms with Crippen LogP contribution in [0.2, 0.25) is 0 Å². The number of rotatable bonds is 9. The monoisotopic (exact) mass is 354 g/mol. The van der Waals surface area contributed by atoms with Crippen molar-refractivity contribution in [1.29, 1.82) is 0 Å². The summed E-state index contributed by atoms with van der Waals surface area (Å²) in [5.74, 6) is 1.55. The third kappa shape index (κ3) is 5.03. The van der Waals surface area contributed by atoms with Crippen molar-refractivity contribution in [2.24, 2.45) is 5.92 Å². The molecule has 2 N–H and O–H groups in total. The zero-order chi connectivity index (χ0) is 19.1. The maximum absolute atomic E-state index is 9.94. The number of benzene rings is 2. The van der Waals surface area contributed by atoms with Crippen LogP contribution >= 0.6 is 0 Å². The van der Waals surface area contributed by atoms with Gasteiger partial charge in [-0.3, -0.25) is 0 Å². The first kappa shape index (κ1) is 20.4. The number of hydrogen-bond donors (Lipinski definition) is 2. The highest BCUT2D eigenvalue weighted by Crippen LogP contribution is 2.39. The summed E-state index contributed by atoms with van der Waals surface area (Å²) in [6, 6.07) is 12.0. The number of unbranched alkanes of at least 4 members (excludes halogenated alkanes) is 3. The Balaban J connectivity index is 2.38. The van der Waals surface area contributed by atoms with E-state index in [1.807, 2.05) is 26.0 Å². The van der Waals surface area contributed by atoms with Crippen molar-refractivity contribution in [1.82, 2.24) is 0 Å². The molecule has 2 aromatic rings. The number of hydrogen-bond acceptors (Lipinski definition) is 2. The first-order chi connectivity index (χ1) is 12.5. The molecule has 0 spiro atoms. The molecule has 0 saturated heterocycles. The SMILES string of the molecule is CCCCCCC(CC)C(c1ccc(O)c(C)c1)c1ccc(O)c(C)c1. The van der Waals surface area contributed by atoms with Crippen LogP contribution in [0.15, 0.2) is 36.4 Å². The van der Waals surface area contributed by atoms with Crippen molar-refractivity contribution in [2.45, 2.75) is 72.1 Å². The Kier molecular flexibility index (Phi) is 7.56. The smallest absolute Gasteiger partial charge is 0.118 e. The first-order valence-electron chi connectivity index (χ1n) is 10.1. The van der Waals surface area contributed by atoms with Gasteiger partial charge in [0.05, 0.1) is 0 Å². The molecular weight excluding hydrogens is 320 g/mol. The molecule has 142 valence electrons. The van der Waals surface area contributed by atoms with Gasteiger partial charge in [0.1, 0.15) is 11.5 Å². The molecule has 0 heterocycles. The minimum atomic E-state index is 0.292. The molecule has 2 aromatic carbocycles. The Hall–Kier alpha value is -1.96. The fraction of sp³-hybridized carbons (Fsp3) is 0.500. The van der Waals surface area contributed by atoms with E-state index in [1.54, 1.807) is 0 Å². The van der Waals surface area contributed by atoms with Crippen molar-refractivity contribution in [3.8, 4) is 11.5 Å². The lowest BCUT2D eigenvalue weighted by molar-refractivity contribution is 0.398. The molecule has 0 radical (unpaired) electrons. The van der Waals surface area contributed by atoms with E-state index >= 15 is 0 Å². The summed E-state index contributed by atoms with van der Waals surface area (Å²) in [6.45, 7) is 8.44. The van der Waals surface area contributed by atoms with Crippen LogP contribution in [0.25, 0.3) is 0 Å². The zero-order valence-electron chi connectivity index (χ0n) is 16.8. The highest BCUT2D eigenvalue weighted by atomic mass is 16.3. The van der Waals surface area contributed by atoms with Gasteiger partial charge in [-0.25, -0.2) is 0 Å². The highest BCUT2D eigenvalue weighted by molar-refractivity contribution is 5.44. The lowest BCUT2D eigenvalue weighted by Crippen LogP contribution is -2.14. The second kappa shape index (κ2) is 9.66. The van der Waals surface area contributed by atoms with Gasteiger partial charge in [-0.2, -0.15) is 0 Å². The van der Waals surface area contributed by atoms with Gasteiger partial charge in [0.15, 0.2) is 0 Å². The number of phenolic OH excluding ortho intramolecular Hbond substituents is 2. The van der Waals surface area contributed by atoms with Crippen LogP contribution in [0.3, 0.4) is 0 Å². The van der Waals surface area contributed by atoms with Crippen LogP contribution in [-0.4, -0.2) is 10.2 Å². The quantitative estimate of drug-likeness (QED) is 0.484. The van der Waals surface area contributed by atoms with Crippen LogP contribution in [0, 0.1) is 19.8 Å². The molecule has 26 heavy (non-hydrogen) atoms. The fourth-order valence-corrected chi connectivity index (χ4v) is 3.92. The molecule has 0 aliphatic rings. The third-order valence-electron chi connectivity index (χ3n) is 5.58. The molecule has 0 saturated carbocycles. The summed E-state index contributed by atoms with van der Waals surface area (Å²) in [6.07, 6.45) is 7.45. The predicted octanol–water partition coefficient (Wildman–Crippen LogP) is 6.84. The Morgan fingerprint density at radius 2 is 1.31 bits per heavy atom. The lowest BCUT2D eigenvalue weighted by Gasteiger charge is -2.28. The summed E-state index contributed by atoms with van der Waals surface area (Å²) in [4.78, 5) is 0. The Morgan fingerprint density at radius 3 is 1.73 bits per heavy atom. The Morgan fingerprint density at radius 1 is 0.769 bits per heavy atom. The van der Waals surface area contributed by atoms with E-state index in [1.165, 1.54) is 43.2 Å². The zero-order valence-corrected chi connectivity index (χ0v) is 16.8.